The highest BCUT2D eigenvalue weighted by molar-refractivity contribution is 7.13. The van der Waals surface area contributed by atoms with Gasteiger partial charge in [0.15, 0.2) is 0 Å². The summed E-state index contributed by atoms with van der Waals surface area (Å²) >= 11 is 1.68. The van der Waals surface area contributed by atoms with E-state index in [2.05, 4.69) is 41.6 Å². The molecule has 0 saturated carbocycles. The van der Waals surface area contributed by atoms with Crippen LogP contribution in [0.5, 0.6) is 0 Å². The summed E-state index contributed by atoms with van der Waals surface area (Å²) in [7, 11) is 1.95. The molecule has 0 aliphatic rings. The molecule has 2 heterocycles. The maximum atomic E-state index is 4.63. The van der Waals surface area contributed by atoms with Gasteiger partial charge in [-0.3, -0.25) is 4.68 Å². The molecule has 1 N–H and O–H groups in total. The van der Waals surface area contributed by atoms with Gasteiger partial charge in [0.25, 0.3) is 0 Å². The smallest absolute Gasteiger partial charge is 0.127 e. The summed E-state index contributed by atoms with van der Waals surface area (Å²) in [4.78, 5) is 4.63. The van der Waals surface area contributed by atoms with Crippen LogP contribution in [0.3, 0.4) is 0 Å². The molecule has 0 aliphatic heterocycles. The summed E-state index contributed by atoms with van der Waals surface area (Å²) in [5.41, 5.74) is 3.39. The van der Waals surface area contributed by atoms with Gasteiger partial charge >= 0.3 is 0 Å². The first kappa shape index (κ1) is 12.3. The molecule has 2 aromatic rings. The molecule has 0 unspecified atom stereocenters. The van der Waals surface area contributed by atoms with Crippen LogP contribution < -0.4 is 5.32 Å². The quantitative estimate of drug-likeness (QED) is 0.905. The van der Waals surface area contributed by atoms with Crippen LogP contribution in [-0.2, 0) is 13.6 Å². The number of rotatable bonds is 4. The molecule has 0 amide bonds. The van der Waals surface area contributed by atoms with E-state index in [1.165, 1.54) is 0 Å². The van der Waals surface area contributed by atoms with Gasteiger partial charge < -0.3 is 5.32 Å². The number of nitrogens with one attached hydrogen (secondary N) is 1. The second-order valence-electron chi connectivity index (χ2n) is 4.45. The number of aryl methyl sites for hydroxylation is 1. The van der Waals surface area contributed by atoms with E-state index in [4.69, 9.17) is 0 Å². The lowest BCUT2D eigenvalue weighted by Gasteiger charge is -2.04. The molecular formula is C12H18N4S. The predicted octanol–water partition coefficient (Wildman–Crippen LogP) is 2.35. The highest BCUT2D eigenvalue weighted by atomic mass is 32.1. The number of nitrogens with zero attached hydrogens (tertiary/aromatic N) is 3. The summed E-state index contributed by atoms with van der Waals surface area (Å²) in [6.07, 6.45) is 1.88. The Labute approximate surface area is 106 Å². The Morgan fingerprint density at radius 3 is 2.82 bits per heavy atom. The predicted molar refractivity (Wildman–Crippen MR) is 71.0 cm³/mol. The third kappa shape index (κ3) is 2.73. The number of aromatic nitrogens is 3. The standard InChI is InChI=1S/C12H18N4S/c1-8(2)13-5-10-7-17-12(15-10)11-6-14-16(4)9(11)3/h6-8,13H,5H2,1-4H3. The lowest BCUT2D eigenvalue weighted by atomic mass is 10.3. The van der Waals surface area contributed by atoms with Crippen molar-refractivity contribution in [2.24, 2.45) is 7.05 Å². The SMILES string of the molecule is Cc1c(-c2nc(CNC(C)C)cs2)cnn1C. The Kier molecular flexibility index (Phi) is 3.59. The van der Waals surface area contributed by atoms with Gasteiger partial charge in [0.05, 0.1) is 17.5 Å². The average Bonchev–Trinajstić information content (AvgIpc) is 2.85. The third-order valence-corrected chi connectivity index (χ3v) is 3.63. The van der Waals surface area contributed by atoms with Crippen LogP contribution in [0.25, 0.3) is 10.6 Å². The van der Waals surface area contributed by atoms with Gasteiger partial charge in [-0.05, 0) is 6.92 Å². The molecule has 92 valence electrons. The van der Waals surface area contributed by atoms with Crippen molar-refractivity contribution in [1.29, 1.82) is 0 Å². The summed E-state index contributed by atoms with van der Waals surface area (Å²) in [6.45, 7) is 7.17. The Hall–Kier alpha value is -1.20. The lowest BCUT2D eigenvalue weighted by molar-refractivity contribution is 0.583. The molecule has 0 saturated heterocycles. The fourth-order valence-electron chi connectivity index (χ4n) is 1.53. The van der Waals surface area contributed by atoms with Crippen molar-refractivity contribution >= 4 is 11.3 Å². The minimum atomic E-state index is 0.486. The minimum absolute atomic E-state index is 0.486. The van der Waals surface area contributed by atoms with Crippen molar-refractivity contribution < 1.29 is 0 Å². The Bertz CT molecular complexity index is 498. The van der Waals surface area contributed by atoms with Crippen molar-refractivity contribution in [3.63, 3.8) is 0 Å². The van der Waals surface area contributed by atoms with Crippen molar-refractivity contribution in [2.75, 3.05) is 0 Å². The Morgan fingerprint density at radius 1 is 1.47 bits per heavy atom. The van der Waals surface area contributed by atoms with Crippen molar-refractivity contribution in [3.05, 3.63) is 23.0 Å². The van der Waals surface area contributed by atoms with Crippen LogP contribution in [0.15, 0.2) is 11.6 Å². The largest absolute Gasteiger partial charge is 0.309 e. The van der Waals surface area contributed by atoms with Crippen LogP contribution in [-0.4, -0.2) is 20.8 Å². The zero-order valence-corrected chi connectivity index (χ0v) is 11.5. The van der Waals surface area contributed by atoms with E-state index >= 15 is 0 Å². The molecule has 0 aliphatic carbocycles. The Morgan fingerprint density at radius 2 is 2.24 bits per heavy atom. The molecule has 2 rings (SSSR count). The van der Waals surface area contributed by atoms with Gasteiger partial charge in [0, 0.05) is 30.7 Å². The maximum Gasteiger partial charge on any atom is 0.127 e. The molecule has 0 fully saturated rings. The number of hydrogen-bond donors (Lipinski definition) is 1. The third-order valence-electron chi connectivity index (χ3n) is 2.71. The van der Waals surface area contributed by atoms with Crippen LogP contribution in [0.2, 0.25) is 0 Å². The van der Waals surface area contributed by atoms with E-state index in [-0.39, 0.29) is 0 Å². The molecule has 2 aromatic heterocycles. The Balaban J connectivity index is 2.15. The second kappa shape index (κ2) is 4.98. The van der Waals surface area contributed by atoms with E-state index in [1.807, 2.05) is 17.9 Å². The van der Waals surface area contributed by atoms with Gasteiger partial charge in [-0.1, -0.05) is 13.8 Å². The number of thiazole rings is 1. The maximum absolute atomic E-state index is 4.63. The van der Waals surface area contributed by atoms with Gasteiger partial charge in [0.1, 0.15) is 5.01 Å². The fourth-order valence-corrected chi connectivity index (χ4v) is 2.41. The first-order chi connectivity index (χ1) is 8.08. The molecule has 4 nitrogen and oxygen atoms in total. The molecule has 17 heavy (non-hydrogen) atoms. The normalized spacial score (nSPS) is 11.4. The summed E-state index contributed by atoms with van der Waals surface area (Å²) < 4.78 is 1.88. The van der Waals surface area contributed by atoms with Gasteiger partial charge in [-0.15, -0.1) is 11.3 Å². The lowest BCUT2D eigenvalue weighted by Crippen LogP contribution is -2.21. The van der Waals surface area contributed by atoms with Gasteiger partial charge in [-0.2, -0.15) is 5.10 Å². The van der Waals surface area contributed by atoms with Crippen LogP contribution in [0, 0.1) is 6.92 Å². The van der Waals surface area contributed by atoms with Gasteiger partial charge in [0.2, 0.25) is 0 Å². The first-order valence-corrected chi connectivity index (χ1v) is 6.62. The molecule has 0 bridgehead atoms. The molecule has 0 spiro atoms. The summed E-state index contributed by atoms with van der Waals surface area (Å²) in [6, 6.07) is 0.486. The first-order valence-electron chi connectivity index (χ1n) is 5.74. The monoisotopic (exact) mass is 250 g/mol. The second-order valence-corrected chi connectivity index (χ2v) is 5.30. The molecule has 5 heteroatoms. The zero-order valence-electron chi connectivity index (χ0n) is 10.7. The van der Waals surface area contributed by atoms with Crippen LogP contribution in [0.4, 0.5) is 0 Å². The molecule has 0 atom stereocenters. The number of hydrogen-bond acceptors (Lipinski definition) is 4. The highest BCUT2D eigenvalue weighted by Gasteiger charge is 2.10. The van der Waals surface area contributed by atoms with Crippen LogP contribution in [0.1, 0.15) is 25.2 Å². The van der Waals surface area contributed by atoms with E-state index < -0.39 is 0 Å². The molecule has 0 aromatic carbocycles. The van der Waals surface area contributed by atoms with Crippen LogP contribution >= 0.6 is 11.3 Å². The van der Waals surface area contributed by atoms with E-state index in [9.17, 15) is 0 Å². The zero-order chi connectivity index (χ0) is 12.4. The summed E-state index contributed by atoms with van der Waals surface area (Å²) in [5.74, 6) is 0. The molecule has 0 radical (unpaired) electrons. The van der Waals surface area contributed by atoms with E-state index in [0.29, 0.717) is 6.04 Å². The molecular weight excluding hydrogens is 232 g/mol. The summed E-state index contributed by atoms with van der Waals surface area (Å²) in [5, 5.41) is 10.8. The van der Waals surface area contributed by atoms with Gasteiger partial charge in [-0.25, -0.2) is 4.98 Å². The van der Waals surface area contributed by atoms with Crippen molar-refractivity contribution in [2.45, 2.75) is 33.4 Å². The minimum Gasteiger partial charge on any atom is -0.309 e. The van der Waals surface area contributed by atoms with Crippen molar-refractivity contribution in [1.82, 2.24) is 20.1 Å². The highest BCUT2D eigenvalue weighted by Crippen LogP contribution is 2.26. The fraction of sp³-hybridized carbons (Fsp3) is 0.500. The van der Waals surface area contributed by atoms with Crippen molar-refractivity contribution in [3.8, 4) is 10.6 Å². The topological polar surface area (TPSA) is 42.7 Å². The average molecular weight is 250 g/mol. The van der Waals surface area contributed by atoms with E-state index in [0.717, 1.165) is 28.5 Å². The van der Waals surface area contributed by atoms with E-state index in [1.54, 1.807) is 11.3 Å².